The predicted molar refractivity (Wildman–Crippen MR) is 36.3 cm³/mol. The highest BCUT2D eigenvalue weighted by molar-refractivity contribution is 6.53. The second kappa shape index (κ2) is 3.26. The lowest BCUT2D eigenvalue weighted by atomic mass is 9.56. The van der Waals surface area contributed by atoms with Crippen molar-refractivity contribution in [3.8, 4) is 6.26 Å². The van der Waals surface area contributed by atoms with Crippen LogP contribution in [0.2, 0.25) is 12.6 Å². The number of ketones is 1. The minimum atomic E-state index is 0.00250. The van der Waals surface area contributed by atoms with Crippen LogP contribution in [0.4, 0.5) is 0 Å². The molecule has 0 aliphatic carbocycles. The summed E-state index contributed by atoms with van der Waals surface area (Å²) in [4.78, 5) is 10.7. The molecule has 1 fully saturated rings. The third-order valence-electron chi connectivity index (χ3n) is 1.71. The van der Waals surface area contributed by atoms with E-state index in [4.69, 9.17) is 5.26 Å². The maximum absolute atomic E-state index is 10.7. The van der Waals surface area contributed by atoms with Gasteiger partial charge in [0, 0.05) is 12.8 Å². The number of carbonyl (C=O) groups is 1. The predicted octanol–water partition coefficient (Wildman–Crippen LogP) is 0.838. The Balaban J connectivity index is 2.27. The maximum Gasteiger partial charge on any atom is 0.374 e. The lowest BCUT2D eigenvalue weighted by Crippen LogP contribution is -2.22. The summed E-state index contributed by atoms with van der Waals surface area (Å²) in [6, 6.07) is 0. The van der Waals surface area contributed by atoms with Crippen LogP contribution in [0.3, 0.4) is 0 Å². The molecule has 0 aromatic heterocycles. The van der Waals surface area contributed by atoms with Crippen LogP contribution in [0.1, 0.15) is 12.8 Å². The molecule has 1 heterocycles. The quantitative estimate of drug-likeness (QED) is 0.397. The highest BCUT2D eigenvalue weighted by Gasteiger charge is 2.24. The van der Waals surface area contributed by atoms with Crippen molar-refractivity contribution in [3.63, 3.8) is 0 Å². The van der Waals surface area contributed by atoms with Gasteiger partial charge in [-0.15, -0.1) is 0 Å². The molecule has 0 N–H and O–H groups in total. The Labute approximate surface area is 60.1 Å². The molecule has 0 atom stereocenters. The molecular formula is C6H8BNO2. The zero-order chi connectivity index (χ0) is 7.40. The van der Waals surface area contributed by atoms with Crippen LogP contribution < -0.4 is 0 Å². The van der Waals surface area contributed by atoms with Gasteiger partial charge in [-0.25, -0.2) is 0 Å². The number of hydrogen-bond acceptors (Lipinski definition) is 3. The van der Waals surface area contributed by atoms with Crippen molar-refractivity contribution in [1.29, 1.82) is 5.26 Å². The summed E-state index contributed by atoms with van der Waals surface area (Å²) in [7, 11) is 0. The molecule has 0 aromatic carbocycles. The van der Waals surface area contributed by atoms with Gasteiger partial charge in [0.25, 0.3) is 6.26 Å². The van der Waals surface area contributed by atoms with E-state index in [1.54, 1.807) is 6.26 Å². The standard InChI is InChI=1S/C6H8BNO2/c8-5-10-7-3-1-6(9)2-4-7/h1-4H2. The fourth-order valence-electron chi connectivity index (χ4n) is 1.11. The van der Waals surface area contributed by atoms with Crippen LogP contribution in [0.5, 0.6) is 0 Å². The molecule has 52 valence electrons. The van der Waals surface area contributed by atoms with E-state index in [0.29, 0.717) is 25.5 Å². The van der Waals surface area contributed by atoms with Gasteiger partial charge in [0.15, 0.2) is 0 Å². The van der Waals surface area contributed by atoms with Gasteiger partial charge in [-0.3, -0.25) is 4.79 Å². The average Bonchev–Trinajstić information content (AvgIpc) is 1.95. The van der Waals surface area contributed by atoms with E-state index in [1.807, 2.05) is 0 Å². The summed E-state index contributed by atoms with van der Waals surface area (Å²) in [5.41, 5.74) is 0. The number of rotatable bonds is 1. The fraction of sp³-hybridized carbons (Fsp3) is 0.667. The smallest absolute Gasteiger partial charge is 0.374 e. The minimum Gasteiger partial charge on any atom is -0.498 e. The van der Waals surface area contributed by atoms with Crippen LogP contribution in [0, 0.1) is 11.5 Å². The number of hydrogen-bond donors (Lipinski definition) is 0. The van der Waals surface area contributed by atoms with Gasteiger partial charge in [-0.1, -0.05) is 0 Å². The molecule has 0 spiro atoms. The summed E-state index contributed by atoms with van der Waals surface area (Å²) in [5.74, 6) is 0.290. The van der Waals surface area contributed by atoms with Crippen LogP contribution in [0.25, 0.3) is 0 Å². The Morgan fingerprint density at radius 3 is 2.60 bits per heavy atom. The molecule has 1 saturated heterocycles. The van der Waals surface area contributed by atoms with E-state index in [9.17, 15) is 4.79 Å². The van der Waals surface area contributed by atoms with Crippen molar-refractivity contribution in [2.75, 3.05) is 0 Å². The van der Waals surface area contributed by atoms with Crippen molar-refractivity contribution >= 4 is 12.7 Å². The fourth-order valence-corrected chi connectivity index (χ4v) is 1.11. The average molecular weight is 137 g/mol. The molecule has 0 bridgehead atoms. The topological polar surface area (TPSA) is 50.1 Å². The van der Waals surface area contributed by atoms with E-state index in [-0.39, 0.29) is 12.7 Å². The van der Waals surface area contributed by atoms with Crippen molar-refractivity contribution in [3.05, 3.63) is 0 Å². The van der Waals surface area contributed by atoms with Gasteiger partial charge in [0.05, 0.1) is 0 Å². The summed E-state index contributed by atoms with van der Waals surface area (Å²) in [6.07, 6.45) is 4.22. The van der Waals surface area contributed by atoms with Crippen molar-refractivity contribution < 1.29 is 9.45 Å². The Kier molecular flexibility index (Phi) is 2.32. The maximum atomic E-state index is 10.7. The van der Waals surface area contributed by atoms with Crippen LogP contribution in [-0.4, -0.2) is 12.7 Å². The van der Waals surface area contributed by atoms with Gasteiger partial charge in [-0.05, 0) is 12.6 Å². The van der Waals surface area contributed by atoms with Crippen LogP contribution in [0.15, 0.2) is 0 Å². The van der Waals surface area contributed by atoms with E-state index < -0.39 is 0 Å². The summed E-state index contributed by atoms with van der Waals surface area (Å²) >= 11 is 0. The van der Waals surface area contributed by atoms with Crippen LogP contribution in [-0.2, 0) is 9.45 Å². The van der Waals surface area contributed by atoms with Crippen molar-refractivity contribution in [2.45, 2.75) is 25.5 Å². The molecule has 0 saturated carbocycles. The molecule has 1 aliphatic rings. The monoisotopic (exact) mass is 137 g/mol. The zero-order valence-corrected chi connectivity index (χ0v) is 5.67. The minimum absolute atomic E-state index is 0.00250. The van der Waals surface area contributed by atoms with Gasteiger partial charge < -0.3 is 4.65 Å². The lowest BCUT2D eigenvalue weighted by Gasteiger charge is -2.13. The molecule has 10 heavy (non-hydrogen) atoms. The van der Waals surface area contributed by atoms with Gasteiger partial charge in [-0.2, -0.15) is 5.26 Å². The Morgan fingerprint density at radius 1 is 1.50 bits per heavy atom. The second-order valence-corrected chi connectivity index (χ2v) is 2.45. The highest BCUT2D eigenvalue weighted by atomic mass is 16.4. The first-order valence-electron chi connectivity index (χ1n) is 3.39. The first kappa shape index (κ1) is 7.14. The Bertz CT molecular complexity index is 165. The molecule has 1 rings (SSSR count). The highest BCUT2D eigenvalue weighted by Crippen LogP contribution is 2.15. The zero-order valence-electron chi connectivity index (χ0n) is 5.67. The van der Waals surface area contributed by atoms with Gasteiger partial charge in [0.2, 0.25) is 0 Å². The number of nitrogens with zero attached hydrogens (tertiary/aromatic N) is 1. The van der Waals surface area contributed by atoms with E-state index in [0.717, 1.165) is 0 Å². The van der Waals surface area contributed by atoms with Crippen LogP contribution >= 0.6 is 0 Å². The summed E-state index contributed by atoms with van der Waals surface area (Å²) in [5, 5.41) is 8.13. The molecular weight excluding hydrogens is 129 g/mol. The molecule has 1 aliphatic heterocycles. The molecule has 0 amide bonds. The van der Waals surface area contributed by atoms with Gasteiger partial charge in [0.1, 0.15) is 5.78 Å². The van der Waals surface area contributed by atoms with Crippen molar-refractivity contribution in [1.82, 2.24) is 0 Å². The number of Topliss-reactive ketones (excluding diaryl/α,β-unsaturated/α-hetero) is 1. The molecule has 0 unspecified atom stereocenters. The molecule has 3 nitrogen and oxygen atoms in total. The first-order chi connectivity index (χ1) is 4.83. The van der Waals surface area contributed by atoms with E-state index in [2.05, 4.69) is 4.65 Å². The summed E-state index contributed by atoms with van der Waals surface area (Å²) < 4.78 is 4.68. The van der Waals surface area contributed by atoms with E-state index in [1.165, 1.54) is 0 Å². The third kappa shape index (κ3) is 1.76. The van der Waals surface area contributed by atoms with E-state index >= 15 is 0 Å². The molecule has 0 radical (unpaired) electrons. The number of carbonyl (C=O) groups excluding carboxylic acids is 1. The first-order valence-corrected chi connectivity index (χ1v) is 3.39. The summed E-state index contributed by atoms with van der Waals surface area (Å²) in [6.45, 7) is 0.00250. The molecule has 4 heteroatoms. The van der Waals surface area contributed by atoms with Crippen molar-refractivity contribution in [2.24, 2.45) is 0 Å². The molecule has 0 aromatic rings. The normalized spacial score (nSPS) is 18.3. The Morgan fingerprint density at radius 2 is 2.10 bits per heavy atom. The second-order valence-electron chi connectivity index (χ2n) is 2.45. The number of nitriles is 1. The van der Waals surface area contributed by atoms with Gasteiger partial charge >= 0.3 is 6.92 Å². The third-order valence-corrected chi connectivity index (χ3v) is 1.71. The lowest BCUT2D eigenvalue weighted by molar-refractivity contribution is -0.118. The Hall–Kier alpha value is -0.975. The SMILES string of the molecule is N#COB1CCC(=O)CC1. The largest absolute Gasteiger partial charge is 0.498 e.